The highest BCUT2D eigenvalue weighted by Crippen LogP contribution is 2.45. The van der Waals surface area contributed by atoms with Gasteiger partial charge in [-0.2, -0.15) is 5.26 Å². The number of carbonyl (C=O) groups excluding carboxylic acids is 2. The number of nitrogens with zero attached hydrogens (tertiary/aromatic N) is 2. The summed E-state index contributed by atoms with van der Waals surface area (Å²) in [4.78, 5) is 27.9. The first-order valence-electron chi connectivity index (χ1n) is 10.2. The van der Waals surface area contributed by atoms with Crippen molar-refractivity contribution in [3.8, 4) is 6.07 Å². The van der Waals surface area contributed by atoms with Crippen LogP contribution in [0.3, 0.4) is 0 Å². The van der Waals surface area contributed by atoms with Gasteiger partial charge in [-0.15, -0.1) is 0 Å². The third kappa shape index (κ3) is 4.92. The van der Waals surface area contributed by atoms with Gasteiger partial charge in [0.1, 0.15) is 11.5 Å². The first-order valence-corrected chi connectivity index (χ1v) is 11.8. The number of hydrogen-bond donors (Lipinski definition) is 1. The maximum atomic E-state index is 13.3. The van der Waals surface area contributed by atoms with Crippen molar-refractivity contribution in [3.05, 3.63) is 85.2 Å². The highest BCUT2D eigenvalue weighted by Gasteiger charge is 2.43. The Labute approximate surface area is 215 Å². The molecule has 2 N–H and O–H groups in total. The van der Waals surface area contributed by atoms with E-state index in [2.05, 4.69) is 22.0 Å². The Hall–Kier alpha value is -2.99. The number of nitriles is 1. The molecule has 1 unspecified atom stereocenters. The van der Waals surface area contributed by atoms with E-state index in [4.69, 9.17) is 38.4 Å². The van der Waals surface area contributed by atoms with Crippen LogP contribution in [0.2, 0.25) is 10.0 Å². The lowest BCUT2D eigenvalue weighted by Crippen LogP contribution is -2.41. The summed E-state index contributed by atoms with van der Waals surface area (Å²) >= 11 is 15.9. The molecule has 0 saturated heterocycles. The summed E-state index contributed by atoms with van der Waals surface area (Å²) in [7, 11) is 0. The minimum absolute atomic E-state index is 0.0169. The van der Waals surface area contributed by atoms with E-state index in [9.17, 15) is 14.9 Å². The van der Waals surface area contributed by atoms with Gasteiger partial charge in [-0.05, 0) is 55.8 Å². The van der Waals surface area contributed by atoms with Crippen LogP contribution in [0, 0.1) is 11.3 Å². The zero-order valence-corrected chi connectivity index (χ0v) is 21.4. The molecular weight excluding hydrogens is 545 g/mol. The number of nitrogens with two attached hydrogens (primary N) is 1. The lowest BCUT2D eigenvalue weighted by atomic mass is 9.80. The predicted molar refractivity (Wildman–Crippen MR) is 133 cm³/mol. The number of benzene rings is 2. The minimum atomic E-state index is -1.08. The Morgan fingerprint density at radius 3 is 2.26 bits per heavy atom. The van der Waals surface area contributed by atoms with Gasteiger partial charge in [-0.1, -0.05) is 45.2 Å². The number of esters is 2. The van der Waals surface area contributed by atoms with Crippen LogP contribution < -0.4 is 10.6 Å². The fourth-order valence-corrected chi connectivity index (χ4v) is 4.42. The highest BCUT2D eigenvalue weighted by atomic mass is 79.9. The van der Waals surface area contributed by atoms with E-state index >= 15 is 0 Å². The second-order valence-electron chi connectivity index (χ2n) is 7.02. The number of allylic oxidation sites excluding steroid dienone is 1. The quantitative estimate of drug-likeness (QED) is 0.466. The van der Waals surface area contributed by atoms with Gasteiger partial charge in [-0.3, -0.25) is 4.90 Å². The molecule has 1 heterocycles. The van der Waals surface area contributed by atoms with Crippen LogP contribution in [0.1, 0.15) is 25.3 Å². The third-order valence-electron chi connectivity index (χ3n) is 5.02. The van der Waals surface area contributed by atoms with Gasteiger partial charge in [-0.25, -0.2) is 9.59 Å². The fraction of sp³-hybridized carbons (Fsp3) is 0.208. The Morgan fingerprint density at radius 1 is 1.09 bits per heavy atom. The molecule has 2 aromatic rings. The molecule has 0 fully saturated rings. The molecule has 0 spiro atoms. The summed E-state index contributed by atoms with van der Waals surface area (Å²) in [6.45, 7) is 3.37. The van der Waals surface area contributed by atoms with E-state index in [-0.39, 0.29) is 40.9 Å². The van der Waals surface area contributed by atoms with E-state index in [1.54, 1.807) is 50.2 Å². The van der Waals surface area contributed by atoms with Crippen molar-refractivity contribution in [1.29, 1.82) is 5.26 Å². The second-order valence-corrected chi connectivity index (χ2v) is 8.78. The first kappa shape index (κ1) is 25.6. The molecule has 1 aliphatic heterocycles. The number of halogens is 3. The average Bonchev–Trinajstić information content (AvgIpc) is 2.79. The van der Waals surface area contributed by atoms with Crippen molar-refractivity contribution in [1.82, 2.24) is 0 Å². The van der Waals surface area contributed by atoms with E-state index in [0.717, 1.165) is 4.47 Å². The van der Waals surface area contributed by atoms with Crippen LogP contribution in [0.5, 0.6) is 0 Å². The topological polar surface area (TPSA) is 106 Å². The molecule has 3 rings (SSSR count). The monoisotopic (exact) mass is 563 g/mol. The Balaban J connectivity index is 2.43. The smallest absolute Gasteiger partial charge is 0.355 e. The maximum absolute atomic E-state index is 13.3. The summed E-state index contributed by atoms with van der Waals surface area (Å²) in [5, 5.41) is 10.7. The molecule has 2 aromatic carbocycles. The van der Waals surface area contributed by atoms with Gasteiger partial charge in [0, 0.05) is 20.2 Å². The normalized spacial score (nSPS) is 15.8. The third-order valence-corrected chi connectivity index (χ3v) is 6.11. The summed E-state index contributed by atoms with van der Waals surface area (Å²) < 4.78 is 11.4. The standard InChI is InChI=1S/C24H20BrCl2N3O4/c1-3-33-23(31)20-19(16-10-7-14(26)11-18(16)27)17(12-28)22(29)30(21(20)24(32)34-4-2)15-8-5-13(25)6-9-15/h5-11,19H,3-4,29H2,1-2H3. The van der Waals surface area contributed by atoms with Crippen molar-refractivity contribution < 1.29 is 19.1 Å². The Kier molecular flexibility index (Phi) is 8.26. The summed E-state index contributed by atoms with van der Waals surface area (Å²) in [5.41, 5.74) is 7.04. The molecule has 0 amide bonds. The maximum Gasteiger partial charge on any atom is 0.355 e. The summed E-state index contributed by atoms with van der Waals surface area (Å²) in [6.07, 6.45) is 0. The van der Waals surface area contributed by atoms with Gasteiger partial charge in [0.2, 0.25) is 0 Å². The first-order chi connectivity index (χ1) is 16.2. The molecule has 0 aromatic heterocycles. The Bertz CT molecular complexity index is 1240. The molecule has 1 atom stereocenters. The van der Waals surface area contributed by atoms with Crippen molar-refractivity contribution in [2.75, 3.05) is 18.1 Å². The molecule has 10 heteroatoms. The number of anilines is 1. The molecule has 176 valence electrons. The van der Waals surface area contributed by atoms with Crippen LogP contribution >= 0.6 is 39.1 Å². The lowest BCUT2D eigenvalue weighted by molar-refractivity contribution is -0.142. The fourth-order valence-electron chi connectivity index (χ4n) is 3.64. The van der Waals surface area contributed by atoms with E-state index in [0.29, 0.717) is 16.3 Å². The lowest BCUT2D eigenvalue weighted by Gasteiger charge is -2.36. The molecule has 0 aliphatic carbocycles. The highest BCUT2D eigenvalue weighted by molar-refractivity contribution is 9.10. The zero-order valence-electron chi connectivity index (χ0n) is 18.3. The van der Waals surface area contributed by atoms with Gasteiger partial charge in [0.25, 0.3) is 0 Å². The molecule has 1 aliphatic rings. The van der Waals surface area contributed by atoms with Crippen molar-refractivity contribution in [3.63, 3.8) is 0 Å². The summed E-state index contributed by atoms with van der Waals surface area (Å²) in [6, 6.07) is 13.6. The van der Waals surface area contributed by atoms with Crippen LogP contribution in [-0.2, 0) is 19.1 Å². The van der Waals surface area contributed by atoms with Gasteiger partial charge in [0.15, 0.2) is 0 Å². The van der Waals surface area contributed by atoms with Crippen molar-refractivity contribution in [2.45, 2.75) is 19.8 Å². The number of ether oxygens (including phenoxy) is 2. The van der Waals surface area contributed by atoms with Crippen LogP contribution in [0.25, 0.3) is 0 Å². The van der Waals surface area contributed by atoms with Gasteiger partial charge < -0.3 is 15.2 Å². The van der Waals surface area contributed by atoms with Gasteiger partial charge in [0.05, 0.1) is 36.3 Å². The molecular formula is C24H20BrCl2N3O4. The van der Waals surface area contributed by atoms with Gasteiger partial charge >= 0.3 is 11.9 Å². The SMILES string of the molecule is CCOC(=O)C1=C(C(=O)OCC)N(c2ccc(Br)cc2)C(N)=C(C#N)C1c1ccc(Cl)cc1Cl. The second kappa shape index (κ2) is 11.0. The van der Waals surface area contributed by atoms with Crippen molar-refractivity contribution >= 4 is 56.8 Å². The number of carbonyl (C=O) groups is 2. The van der Waals surface area contributed by atoms with Crippen LogP contribution in [0.15, 0.2) is 69.6 Å². The van der Waals surface area contributed by atoms with Crippen LogP contribution in [0.4, 0.5) is 5.69 Å². The number of hydrogen-bond acceptors (Lipinski definition) is 7. The zero-order chi connectivity index (χ0) is 25.0. The molecule has 0 saturated carbocycles. The van der Waals surface area contributed by atoms with Crippen molar-refractivity contribution in [2.24, 2.45) is 5.73 Å². The molecule has 0 radical (unpaired) electrons. The van der Waals surface area contributed by atoms with E-state index < -0.39 is 17.9 Å². The summed E-state index contributed by atoms with van der Waals surface area (Å²) in [5.74, 6) is -2.73. The molecule has 7 nitrogen and oxygen atoms in total. The van der Waals surface area contributed by atoms with E-state index in [1.165, 1.54) is 11.0 Å². The average molecular weight is 565 g/mol. The number of rotatable bonds is 6. The molecule has 34 heavy (non-hydrogen) atoms. The Morgan fingerprint density at radius 2 is 1.71 bits per heavy atom. The predicted octanol–water partition coefficient (Wildman–Crippen LogP) is 5.43. The van der Waals surface area contributed by atoms with E-state index in [1.807, 2.05) is 0 Å². The molecule has 0 bridgehead atoms. The minimum Gasteiger partial charge on any atom is -0.463 e. The van der Waals surface area contributed by atoms with Crippen LogP contribution in [-0.4, -0.2) is 25.2 Å². The largest absolute Gasteiger partial charge is 0.463 e.